The average molecular weight is 808 g/mol. The molecule has 0 radical (unpaired) electrons. The number of hydrogen-bond donors (Lipinski definition) is 7. The maximum absolute atomic E-state index is 14.3. The Balaban J connectivity index is 1.07. The Bertz CT molecular complexity index is 1640. The molecule has 0 spiro atoms. The molecule has 7 aliphatic rings. The second-order valence-corrected chi connectivity index (χ2v) is 16.9. The fraction of sp³-hybridized carbons (Fsp3) is 0.806. The van der Waals surface area contributed by atoms with Crippen molar-refractivity contribution in [3.05, 3.63) is 0 Å². The number of carbonyl (C=O) groups is 7. The molecule has 14 atom stereocenters. The van der Waals surface area contributed by atoms with Gasteiger partial charge in [-0.15, -0.1) is 0 Å². The van der Waals surface area contributed by atoms with Crippen LogP contribution in [0.1, 0.15) is 44.9 Å². The Morgan fingerprint density at radius 3 is 0.877 bits per heavy atom. The summed E-state index contributed by atoms with van der Waals surface area (Å²) >= 11 is 0. The van der Waals surface area contributed by atoms with Crippen LogP contribution in [0, 0.1) is 0 Å². The van der Waals surface area contributed by atoms with Crippen molar-refractivity contribution in [3.63, 3.8) is 0 Å². The number of aliphatic hydroxyl groups excluding tert-OH is 7. The van der Waals surface area contributed by atoms with Crippen molar-refractivity contribution < 1.29 is 69.3 Å². The second-order valence-electron chi connectivity index (χ2n) is 16.9. The van der Waals surface area contributed by atoms with Gasteiger partial charge in [0.15, 0.2) is 0 Å². The van der Waals surface area contributed by atoms with Gasteiger partial charge in [-0.3, -0.25) is 33.7 Å². The number of aldehydes is 1. The molecule has 21 heteroatoms. The number of β-amino-alcohol motifs (C(OH)–C–C–N with tert-alkyl or cyclic N) is 7. The number of rotatable bonds is 7. The van der Waals surface area contributed by atoms with Crippen LogP contribution in [-0.2, 0) is 33.6 Å². The summed E-state index contributed by atoms with van der Waals surface area (Å²) in [6.07, 6.45) is -7.61. The zero-order valence-electron chi connectivity index (χ0n) is 31.7. The highest BCUT2D eigenvalue weighted by atomic mass is 16.3. The molecule has 0 saturated carbocycles. The first-order valence-corrected chi connectivity index (χ1v) is 19.7. The summed E-state index contributed by atoms with van der Waals surface area (Å²) in [5.74, 6) is -4.10. The van der Waals surface area contributed by atoms with Gasteiger partial charge in [-0.1, -0.05) is 0 Å². The Labute approximate surface area is 327 Å². The second kappa shape index (κ2) is 16.1. The van der Waals surface area contributed by atoms with Crippen LogP contribution in [0.25, 0.3) is 0 Å². The van der Waals surface area contributed by atoms with Gasteiger partial charge in [0.2, 0.25) is 35.4 Å². The molecule has 21 nitrogen and oxygen atoms in total. The van der Waals surface area contributed by atoms with Gasteiger partial charge in [0.05, 0.1) is 54.8 Å². The highest BCUT2D eigenvalue weighted by Crippen LogP contribution is 2.34. The molecule has 57 heavy (non-hydrogen) atoms. The van der Waals surface area contributed by atoms with Crippen molar-refractivity contribution in [2.45, 2.75) is 130 Å². The van der Waals surface area contributed by atoms with Crippen molar-refractivity contribution in [1.29, 1.82) is 0 Å². The molecule has 7 rings (SSSR count). The number of likely N-dealkylation sites (tertiary alicyclic amines) is 7. The molecule has 14 unspecified atom stereocenters. The largest absolute Gasteiger partial charge is 0.392 e. The van der Waals surface area contributed by atoms with Crippen LogP contribution in [0.5, 0.6) is 0 Å². The number of nitrogens with zero attached hydrogens (tertiary/aromatic N) is 7. The topological polar surface area (TPSA) is 284 Å². The number of hydrogen-bond acceptors (Lipinski definition) is 15. The van der Waals surface area contributed by atoms with E-state index in [0.29, 0.717) is 6.29 Å². The van der Waals surface area contributed by atoms with E-state index >= 15 is 0 Å². The summed E-state index contributed by atoms with van der Waals surface area (Å²) in [6, 6.07) is -8.00. The molecule has 0 aromatic heterocycles. The van der Waals surface area contributed by atoms with Gasteiger partial charge < -0.3 is 69.9 Å². The lowest BCUT2D eigenvalue weighted by molar-refractivity contribution is -0.154. The molecule has 7 fully saturated rings. The molecule has 316 valence electrons. The van der Waals surface area contributed by atoms with Gasteiger partial charge in [-0.05, 0) is 13.5 Å². The maximum atomic E-state index is 14.3. The van der Waals surface area contributed by atoms with Crippen LogP contribution >= 0.6 is 0 Å². The van der Waals surface area contributed by atoms with Gasteiger partial charge in [0.1, 0.15) is 36.5 Å². The molecule has 7 aliphatic heterocycles. The van der Waals surface area contributed by atoms with Crippen molar-refractivity contribution >= 4 is 41.7 Å². The van der Waals surface area contributed by atoms with E-state index in [2.05, 4.69) is 0 Å². The normalized spacial score (nSPS) is 39.9. The standard InChI is InChI=1S/C36H53N7O14/c1-37-9-19(46)3-25(37)31(52)39-11-21(48)5-27(39)33(54)41-13-23(50)7-29(41)35(56)43-15-24(51)8-30(43)36(57)42-14-22(49)6-28(42)34(55)40-12-20(47)4-26(40)32(53)38-10-18(45)2-17(38)16-44/h16-30,45-51H,2-15H2,1H3. The fourth-order valence-corrected chi connectivity index (χ4v) is 10.1. The first-order chi connectivity index (χ1) is 27.0. The van der Waals surface area contributed by atoms with Gasteiger partial charge in [-0.25, -0.2) is 0 Å². The van der Waals surface area contributed by atoms with E-state index in [1.54, 1.807) is 11.9 Å². The third-order valence-electron chi connectivity index (χ3n) is 12.8. The molecule has 6 amide bonds. The number of likely N-dealkylation sites (N-methyl/N-ethyl adjacent to an activating group) is 1. The quantitative estimate of drug-likeness (QED) is 0.118. The average Bonchev–Trinajstić information content (AvgIpc) is 4.03. The summed E-state index contributed by atoms with van der Waals surface area (Å²) in [4.78, 5) is 104. The molecular weight excluding hydrogens is 754 g/mol. The summed E-state index contributed by atoms with van der Waals surface area (Å²) < 4.78 is 0. The monoisotopic (exact) mass is 807 g/mol. The third kappa shape index (κ3) is 7.75. The van der Waals surface area contributed by atoms with E-state index < -0.39 is 120 Å². The molecule has 0 aliphatic carbocycles. The molecule has 7 saturated heterocycles. The number of carbonyl (C=O) groups excluding carboxylic acids is 7. The maximum Gasteiger partial charge on any atom is 0.246 e. The molecule has 7 N–H and O–H groups in total. The zero-order chi connectivity index (χ0) is 41.2. The van der Waals surface area contributed by atoms with Gasteiger partial charge in [0, 0.05) is 84.3 Å². The summed E-state index contributed by atoms with van der Waals surface area (Å²) in [5, 5.41) is 73.6. The Hall–Kier alpha value is -3.83. The van der Waals surface area contributed by atoms with Gasteiger partial charge in [-0.2, -0.15) is 0 Å². The van der Waals surface area contributed by atoms with Crippen molar-refractivity contribution in [1.82, 2.24) is 34.3 Å². The summed E-state index contributed by atoms with van der Waals surface area (Å²) in [7, 11) is 1.67. The lowest BCUT2D eigenvalue weighted by Gasteiger charge is -2.36. The smallest absolute Gasteiger partial charge is 0.246 e. The first-order valence-electron chi connectivity index (χ1n) is 19.7. The SMILES string of the molecule is CN1CC(O)CC1C(=O)N1CC(O)CC1C(=O)N1CC(O)CC1C(=O)N1CC(O)CC1C(=O)N1CC(O)CC1C(=O)N1CC(O)CC1C(=O)N1CC(O)CC1C=O. The van der Waals surface area contributed by atoms with Crippen molar-refractivity contribution in [3.8, 4) is 0 Å². The van der Waals surface area contributed by atoms with Crippen molar-refractivity contribution in [2.24, 2.45) is 0 Å². The van der Waals surface area contributed by atoms with Crippen LogP contribution < -0.4 is 0 Å². The van der Waals surface area contributed by atoms with E-state index in [0.717, 1.165) is 24.5 Å². The molecule has 0 aromatic rings. The highest BCUT2D eigenvalue weighted by Gasteiger charge is 2.54. The summed E-state index contributed by atoms with van der Waals surface area (Å²) in [6.45, 7) is -1.22. The molecule has 0 bridgehead atoms. The third-order valence-corrected chi connectivity index (χ3v) is 12.8. The lowest BCUT2D eigenvalue weighted by Crippen LogP contribution is -2.58. The number of aliphatic hydroxyl groups is 7. The predicted molar refractivity (Wildman–Crippen MR) is 190 cm³/mol. The van der Waals surface area contributed by atoms with E-state index in [4.69, 9.17) is 0 Å². The molecule has 0 aromatic carbocycles. The van der Waals surface area contributed by atoms with Crippen LogP contribution in [0.3, 0.4) is 0 Å². The highest BCUT2D eigenvalue weighted by molar-refractivity contribution is 5.98. The van der Waals surface area contributed by atoms with Crippen molar-refractivity contribution in [2.75, 3.05) is 52.9 Å². The first kappa shape index (κ1) is 41.3. The van der Waals surface area contributed by atoms with Crippen LogP contribution in [-0.4, -0.2) is 250 Å². The van der Waals surface area contributed by atoms with E-state index in [1.165, 1.54) is 4.90 Å². The zero-order valence-corrected chi connectivity index (χ0v) is 31.7. The predicted octanol–water partition coefficient (Wildman–Crippen LogP) is -6.98. The minimum atomic E-state index is -1.35. The Kier molecular flexibility index (Phi) is 11.7. The van der Waals surface area contributed by atoms with E-state index in [1.807, 2.05) is 0 Å². The minimum absolute atomic E-state index is 0.0234. The molecular formula is C36H53N7O14. The number of amides is 6. The lowest BCUT2D eigenvalue weighted by atomic mass is 10.1. The van der Waals surface area contributed by atoms with Crippen LogP contribution in [0.4, 0.5) is 0 Å². The summed E-state index contributed by atoms with van der Waals surface area (Å²) in [5.41, 5.74) is 0. The van der Waals surface area contributed by atoms with Gasteiger partial charge >= 0.3 is 0 Å². The van der Waals surface area contributed by atoms with E-state index in [-0.39, 0.29) is 90.8 Å². The molecule has 7 heterocycles. The minimum Gasteiger partial charge on any atom is -0.392 e. The Morgan fingerprint density at radius 2 is 0.596 bits per heavy atom. The Morgan fingerprint density at radius 1 is 0.368 bits per heavy atom. The van der Waals surface area contributed by atoms with Crippen LogP contribution in [0.15, 0.2) is 0 Å². The fourth-order valence-electron chi connectivity index (χ4n) is 10.1. The van der Waals surface area contributed by atoms with Gasteiger partial charge in [0.25, 0.3) is 0 Å². The van der Waals surface area contributed by atoms with E-state index in [9.17, 15) is 69.3 Å². The van der Waals surface area contributed by atoms with Crippen LogP contribution in [0.2, 0.25) is 0 Å².